The van der Waals surface area contributed by atoms with Gasteiger partial charge in [0.1, 0.15) is 36.4 Å². The zero-order valence-corrected chi connectivity index (χ0v) is 57.2. The van der Waals surface area contributed by atoms with E-state index in [-0.39, 0.29) is 0 Å². The maximum absolute atomic E-state index is 14.5. The summed E-state index contributed by atoms with van der Waals surface area (Å²) in [6.07, 6.45) is 14.9. The summed E-state index contributed by atoms with van der Waals surface area (Å²) in [5, 5.41) is 44.0. The third kappa shape index (κ3) is 12.4. The van der Waals surface area contributed by atoms with Gasteiger partial charge in [0.25, 0.3) is 0 Å². The minimum atomic E-state index is -0.585. The first-order chi connectivity index (χ1) is 49.2. The molecule has 0 amide bonds. The summed E-state index contributed by atoms with van der Waals surface area (Å²) >= 11 is 0. The average Bonchev–Trinajstić information content (AvgIpc) is 1.62. The number of piperidine rings is 1. The first-order valence-electron chi connectivity index (χ1n) is 34.5. The number of nitriles is 2. The molecule has 7 aromatic heterocycles. The number of benzene rings is 5. The van der Waals surface area contributed by atoms with E-state index in [1.807, 2.05) is 76.3 Å². The van der Waals surface area contributed by atoms with Crippen molar-refractivity contribution in [3.8, 4) is 97.1 Å². The Kier molecular flexibility index (Phi) is 17.0. The number of pyridine rings is 1. The Balaban J connectivity index is 0.000000118. The van der Waals surface area contributed by atoms with Crippen LogP contribution in [0.15, 0.2) is 171 Å². The zero-order valence-electron chi connectivity index (χ0n) is 57.2. The second-order valence-electron chi connectivity index (χ2n) is 28.0. The van der Waals surface area contributed by atoms with E-state index in [4.69, 9.17) is 21.2 Å². The third-order valence-corrected chi connectivity index (χ3v) is 21.0. The number of hydrogen-bond donors (Lipinski definition) is 1. The number of aromatic nitrogens is 13. The van der Waals surface area contributed by atoms with E-state index in [1.54, 1.807) is 12.7 Å². The molecule has 101 heavy (non-hydrogen) atoms. The number of nitrogens with zero attached hydrogens (tertiary/aromatic N) is 20. The molecule has 13 heterocycles. The predicted octanol–water partition coefficient (Wildman–Crippen LogP) is 11.7. The van der Waals surface area contributed by atoms with Crippen LogP contribution in [0.1, 0.15) is 54.1 Å². The quantitative estimate of drug-likeness (QED) is 0.135. The number of rotatable bonds is 10. The van der Waals surface area contributed by atoms with Crippen LogP contribution in [-0.4, -0.2) is 159 Å². The first kappa shape index (κ1) is 64.3. The summed E-state index contributed by atoms with van der Waals surface area (Å²) in [6.45, 7) is 12.4. The van der Waals surface area contributed by atoms with Crippen LogP contribution in [0.5, 0.6) is 0 Å². The van der Waals surface area contributed by atoms with E-state index in [0.717, 1.165) is 169 Å². The van der Waals surface area contributed by atoms with Crippen LogP contribution in [0.25, 0.3) is 85.0 Å². The van der Waals surface area contributed by atoms with Gasteiger partial charge in [-0.1, -0.05) is 31.2 Å². The second-order valence-corrected chi connectivity index (χ2v) is 28.0. The molecule has 0 radical (unpaired) electrons. The number of hydrogen-bond acceptors (Lipinski definition) is 15. The van der Waals surface area contributed by atoms with Gasteiger partial charge in [0, 0.05) is 123 Å². The van der Waals surface area contributed by atoms with Crippen molar-refractivity contribution in [1.29, 1.82) is 10.5 Å². The summed E-state index contributed by atoms with van der Waals surface area (Å²) in [5.41, 5.74) is 24.5. The van der Waals surface area contributed by atoms with Crippen LogP contribution < -0.4 is 20.4 Å². The van der Waals surface area contributed by atoms with Gasteiger partial charge in [-0.2, -0.15) is 10.5 Å². The van der Waals surface area contributed by atoms with Gasteiger partial charge in [0.05, 0.1) is 69.6 Å². The van der Waals surface area contributed by atoms with Gasteiger partial charge >= 0.3 is 0 Å². The lowest BCUT2D eigenvalue weighted by atomic mass is 9.98. The van der Waals surface area contributed by atoms with Gasteiger partial charge in [-0.15, -0.1) is 30.6 Å². The van der Waals surface area contributed by atoms with E-state index < -0.39 is 11.6 Å². The Hall–Kier alpha value is -11.4. The molecule has 2 N–H and O–H groups in total. The standard InChI is InChI=1S/C28H29N7.C26H26F2N6.C24H22N8/c1-19-13-33(17-24(19)14-32(2)3)25-8-9-26-23(10-25)16-34-15-22(21-6-4-20(12-29)5-7-21)11-27(34)28-31-30-18-35(26)28;1-31(2)20-7-9-32(10-8-20)21-4-6-24-18(11-21)15-33-14-17(22-5-3-19(27)13-23(22)28)12-25(33)26-30-29-16-34(24)26;25-10-16-1-3-18(4-2-16)19-9-22-24-29-27-15-32(24)21-5-6-23(28-20(21)14-31(22)13-19)30-8-7-17(11-26)12-30/h4-11,15,18-19,24H,13-14,16-17H2,1-3H3;3-6,11-14,16,20H,7-10,15H2,1-2H3;1-6,9,13,15,17H,7-8,11-12,14,26H2/t19-,24-;;17-/m0.1/s1. The summed E-state index contributed by atoms with van der Waals surface area (Å²) in [5.74, 6) is 4.06. The third-order valence-electron chi connectivity index (χ3n) is 21.0. The van der Waals surface area contributed by atoms with Crippen molar-refractivity contribution in [2.45, 2.75) is 51.9 Å². The molecular formula is C78H77F2N21. The van der Waals surface area contributed by atoms with Gasteiger partial charge in [-0.3, -0.25) is 13.7 Å². The maximum atomic E-state index is 14.5. The SMILES string of the molecule is CN(C)C1CCN(c2ccc3c(c2)Cn2cc(-c4ccc(F)cc4F)cc2-c2nncn2-3)CC1.C[C@H]1CN(c2ccc3c(c2)Cn2cc(-c4ccc(C#N)cc4)cc2-c2nncn2-3)C[C@@H]1CN(C)C.N#Cc1ccc(-c2cc3n(c2)Cc2nc(N4CC[C@H](CN)C4)ccc2-n2cnnc2-3)cc1. The summed E-state index contributed by atoms with van der Waals surface area (Å²) in [4.78, 5) is 17.0. The van der Waals surface area contributed by atoms with Gasteiger partial charge in [0.15, 0.2) is 17.5 Å². The fourth-order valence-electron chi connectivity index (χ4n) is 15.5. The molecule has 5 aromatic carbocycles. The average molecular weight is 1350 g/mol. The topological polar surface area (TPSA) is 210 Å². The summed E-state index contributed by atoms with van der Waals surface area (Å²) in [7, 11) is 8.63. The van der Waals surface area contributed by atoms with E-state index in [0.29, 0.717) is 65.0 Å². The van der Waals surface area contributed by atoms with Gasteiger partial charge in [0.2, 0.25) is 0 Å². The summed E-state index contributed by atoms with van der Waals surface area (Å²) < 4.78 is 40.6. The zero-order chi connectivity index (χ0) is 69.2. The highest BCUT2D eigenvalue weighted by atomic mass is 19.1. The molecule has 6 aliphatic heterocycles. The molecule has 12 aromatic rings. The van der Waals surface area contributed by atoms with E-state index >= 15 is 0 Å². The van der Waals surface area contributed by atoms with Gasteiger partial charge in [-0.05, 0) is 197 Å². The molecule has 21 nitrogen and oxygen atoms in total. The highest BCUT2D eigenvalue weighted by Gasteiger charge is 2.33. The smallest absolute Gasteiger partial charge is 0.185 e. The van der Waals surface area contributed by atoms with Crippen molar-refractivity contribution >= 4 is 17.2 Å². The van der Waals surface area contributed by atoms with Crippen molar-refractivity contribution < 1.29 is 8.78 Å². The lowest BCUT2D eigenvalue weighted by Crippen LogP contribution is -2.42. The van der Waals surface area contributed by atoms with E-state index in [1.165, 1.54) is 29.1 Å². The Labute approximate surface area is 584 Å². The Morgan fingerprint density at radius 2 is 1.04 bits per heavy atom. The fraction of sp³-hybridized carbons (Fsp3) is 0.295. The number of fused-ring (bicyclic) bond motifs is 15. The van der Waals surface area contributed by atoms with Crippen molar-refractivity contribution in [2.75, 3.05) is 95.2 Å². The fourth-order valence-corrected chi connectivity index (χ4v) is 15.5. The van der Waals surface area contributed by atoms with Crippen molar-refractivity contribution in [3.63, 3.8) is 0 Å². The Morgan fingerprint density at radius 3 is 1.56 bits per heavy atom. The van der Waals surface area contributed by atoms with Gasteiger partial charge < -0.3 is 43.9 Å². The predicted molar refractivity (Wildman–Crippen MR) is 387 cm³/mol. The molecule has 0 bridgehead atoms. The highest BCUT2D eigenvalue weighted by molar-refractivity contribution is 5.76. The molecule has 18 rings (SSSR count). The minimum absolute atomic E-state index is 0.366. The van der Waals surface area contributed by atoms with E-state index in [2.05, 4.69) is 194 Å². The molecule has 23 heteroatoms. The molecule has 0 spiro atoms. The molecule has 508 valence electrons. The molecule has 0 saturated carbocycles. The lowest BCUT2D eigenvalue weighted by Gasteiger charge is -2.36. The van der Waals surface area contributed by atoms with E-state index in [9.17, 15) is 8.78 Å². The first-order valence-corrected chi connectivity index (χ1v) is 34.5. The van der Waals surface area contributed by atoms with Crippen molar-refractivity contribution in [3.05, 3.63) is 211 Å². The van der Waals surface area contributed by atoms with Crippen LogP contribution in [0.2, 0.25) is 0 Å². The van der Waals surface area contributed by atoms with Crippen LogP contribution in [0.4, 0.5) is 26.0 Å². The Bertz CT molecular complexity index is 5140. The van der Waals surface area contributed by atoms with Crippen molar-refractivity contribution in [1.82, 2.24) is 72.8 Å². The minimum Gasteiger partial charge on any atom is -0.371 e. The lowest BCUT2D eigenvalue weighted by molar-refractivity contribution is 0.249. The largest absolute Gasteiger partial charge is 0.371 e. The normalized spacial score (nSPS) is 17.1. The molecule has 3 saturated heterocycles. The molecular weight excluding hydrogens is 1270 g/mol. The molecule has 3 fully saturated rings. The van der Waals surface area contributed by atoms with Crippen molar-refractivity contribution in [2.24, 2.45) is 23.5 Å². The highest BCUT2D eigenvalue weighted by Crippen LogP contribution is 2.41. The number of anilines is 3. The number of nitrogens with two attached hydrogens (primary N) is 1. The van der Waals surface area contributed by atoms with Crippen LogP contribution >= 0.6 is 0 Å². The summed E-state index contributed by atoms with van der Waals surface area (Å²) in [6, 6.07) is 47.8. The maximum Gasteiger partial charge on any atom is 0.185 e. The molecule has 0 aliphatic carbocycles. The molecule has 0 unspecified atom stereocenters. The molecule has 6 aliphatic rings. The number of halogens is 2. The van der Waals surface area contributed by atoms with Crippen LogP contribution in [0, 0.1) is 52.1 Å². The van der Waals surface area contributed by atoms with Crippen LogP contribution in [-0.2, 0) is 19.6 Å². The second kappa shape index (κ2) is 26.7. The Morgan fingerprint density at radius 1 is 0.525 bits per heavy atom. The van der Waals surface area contributed by atoms with Crippen LogP contribution in [0.3, 0.4) is 0 Å². The monoisotopic (exact) mass is 1350 g/mol. The molecule has 3 atom stereocenters. The van der Waals surface area contributed by atoms with Gasteiger partial charge in [-0.25, -0.2) is 13.8 Å².